The number of aliphatic hydroxyl groups is 2. The van der Waals surface area contributed by atoms with Crippen molar-refractivity contribution >= 4 is 10.1 Å². The molecule has 3 N–H and O–H groups in total. The number of hydrogen-bond donors (Lipinski definition) is 3. The number of aliphatic hydroxyl groups excluding tert-OH is 2. The second-order valence-corrected chi connectivity index (χ2v) is 3.00. The van der Waals surface area contributed by atoms with Crippen molar-refractivity contribution in [2.45, 2.75) is 6.42 Å². The topological polar surface area (TPSA) is 94.8 Å². The molecule has 0 rings (SSSR count). The van der Waals surface area contributed by atoms with E-state index in [1.165, 1.54) is 0 Å². The Labute approximate surface area is 60.1 Å². The smallest absolute Gasteiger partial charge is 0.261 e. The zero-order valence-corrected chi connectivity index (χ0v) is 6.50. The third-order valence-corrected chi connectivity index (χ3v) is 0.316. The SMILES string of the molecule is CS(=O)(=O)O.OCCCO. The Morgan fingerprint density at radius 1 is 1.20 bits per heavy atom. The molecule has 0 aliphatic heterocycles. The first-order valence-corrected chi connectivity index (χ1v) is 4.40. The van der Waals surface area contributed by atoms with Gasteiger partial charge < -0.3 is 10.2 Å². The van der Waals surface area contributed by atoms with Crippen LogP contribution < -0.4 is 0 Å². The minimum Gasteiger partial charge on any atom is -0.396 e. The Morgan fingerprint density at radius 2 is 1.40 bits per heavy atom. The summed E-state index contributed by atoms with van der Waals surface area (Å²) in [5.74, 6) is 0. The zero-order chi connectivity index (χ0) is 8.62. The van der Waals surface area contributed by atoms with Crippen LogP contribution in [0.15, 0.2) is 0 Å². The highest BCUT2D eigenvalue weighted by molar-refractivity contribution is 7.85. The molecule has 6 heteroatoms. The molecule has 0 fully saturated rings. The quantitative estimate of drug-likeness (QED) is 0.458. The second kappa shape index (κ2) is 6.94. The summed E-state index contributed by atoms with van der Waals surface area (Å²) in [5, 5.41) is 15.8. The van der Waals surface area contributed by atoms with Crippen LogP contribution in [0, 0.1) is 0 Å². The van der Waals surface area contributed by atoms with Crippen LogP contribution in [0.2, 0.25) is 0 Å². The van der Waals surface area contributed by atoms with Gasteiger partial charge in [-0.1, -0.05) is 0 Å². The summed E-state index contributed by atoms with van der Waals surface area (Å²) >= 11 is 0. The fraction of sp³-hybridized carbons (Fsp3) is 1.00. The average molecular weight is 172 g/mol. The van der Waals surface area contributed by atoms with Crippen LogP contribution >= 0.6 is 0 Å². The van der Waals surface area contributed by atoms with Gasteiger partial charge in [0, 0.05) is 13.2 Å². The fourth-order valence-electron chi connectivity index (χ4n) is 0.0707. The van der Waals surface area contributed by atoms with E-state index in [4.69, 9.17) is 14.8 Å². The molecule has 0 bridgehead atoms. The van der Waals surface area contributed by atoms with Crippen LogP contribution in [-0.2, 0) is 10.1 Å². The molecule has 0 spiro atoms. The first kappa shape index (κ1) is 12.5. The fourth-order valence-corrected chi connectivity index (χ4v) is 0.0707. The van der Waals surface area contributed by atoms with Crippen molar-refractivity contribution in [3.8, 4) is 0 Å². The molecular formula is C4H12O5S. The monoisotopic (exact) mass is 172 g/mol. The minimum atomic E-state index is -3.67. The Balaban J connectivity index is 0. The van der Waals surface area contributed by atoms with Gasteiger partial charge in [-0.05, 0) is 6.42 Å². The first-order valence-electron chi connectivity index (χ1n) is 2.56. The Bertz CT molecular complexity index is 128. The van der Waals surface area contributed by atoms with E-state index >= 15 is 0 Å². The standard InChI is InChI=1S/C3H8O2.CH4O3S/c4-2-1-3-5;1-5(2,3)4/h4-5H,1-3H2;1H3,(H,2,3,4). The zero-order valence-electron chi connectivity index (χ0n) is 5.69. The maximum atomic E-state index is 9.19. The van der Waals surface area contributed by atoms with Crippen molar-refractivity contribution in [1.82, 2.24) is 0 Å². The molecule has 5 nitrogen and oxygen atoms in total. The number of rotatable bonds is 2. The average Bonchev–Trinajstić information content (AvgIpc) is 1.63. The molecular weight excluding hydrogens is 160 g/mol. The van der Waals surface area contributed by atoms with Crippen LogP contribution in [0.5, 0.6) is 0 Å². The Hall–Kier alpha value is -0.170. The summed E-state index contributed by atoms with van der Waals surface area (Å²) in [5.41, 5.74) is 0. The third-order valence-electron chi connectivity index (χ3n) is 0.316. The van der Waals surface area contributed by atoms with Gasteiger partial charge in [0.15, 0.2) is 0 Å². The van der Waals surface area contributed by atoms with Gasteiger partial charge in [0.05, 0.1) is 6.26 Å². The molecule has 0 amide bonds. The van der Waals surface area contributed by atoms with E-state index < -0.39 is 10.1 Å². The molecule has 0 aliphatic carbocycles. The van der Waals surface area contributed by atoms with E-state index in [2.05, 4.69) is 0 Å². The molecule has 0 aromatic heterocycles. The van der Waals surface area contributed by atoms with Gasteiger partial charge in [-0.15, -0.1) is 0 Å². The summed E-state index contributed by atoms with van der Waals surface area (Å²) in [6, 6.07) is 0. The van der Waals surface area contributed by atoms with Gasteiger partial charge in [0.1, 0.15) is 0 Å². The summed E-state index contributed by atoms with van der Waals surface area (Å²) in [6.07, 6.45) is 1.22. The van der Waals surface area contributed by atoms with E-state index in [1.54, 1.807) is 0 Å². The maximum absolute atomic E-state index is 9.19. The predicted octanol–water partition coefficient (Wildman–Crippen LogP) is -1.13. The van der Waals surface area contributed by atoms with E-state index in [0.29, 0.717) is 12.7 Å². The minimum absolute atomic E-state index is 0.0938. The molecule has 0 aliphatic rings. The van der Waals surface area contributed by atoms with Crippen LogP contribution in [0.3, 0.4) is 0 Å². The molecule has 64 valence electrons. The van der Waals surface area contributed by atoms with Crippen molar-refractivity contribution in [2.24, 2.45) is 0 Å². The van der Waals surface area contributed by atoms with Gasteiger partial charge in [0.2, 0.25) is 0 Å². The van der Waals surface area contributed by atoms with Crippen LogP contribution in [0.25, 0.3) is 0 Å². The molecule has 0 heterocycles. The highest BCUT2D eigenvalue weighted by Gasteiger charge is 1.81. The maximum Gasteiger partial charge on any atom is 0.261 e. The lowest BCUT2D eigenvalue weighted by atomic mass is 10.5. The van der Waals surface area contributed by atoms with E-state index in [-0.39, 0.29) is 13.2 Å². The Morgan fingerprint density at radius 3 is 1.40 bits per heavy atom. The highest BCUT2D eigenvalue weighted by Crippen LogP contribution is 1.65. The summed E-state index contributed by atoms with van der Waals surface area (Å²) in [7, 11) is -3.67. The Kier molecular flexibility index (Phi) is 8.68. The normalized spacial score (nSPS) is 10.0. The molecule has 0 aromatic rings. The van der Waals surface area contributed by atoms with Gasteiger partial charge in [-0.2, -0.15) is 8.42 Å². The summed E-state index contributed by atoms with van der Waals surface area (Å²) in [6.45, 7) is 0.188. The van der Waals surface area contributed by atoms with Crippen LogP contribution in [0.4, 0.5) is 0 Å². The van der Waals surface area contributed by atoms with Gasteiger partial charge >= 0.3 is 0 Å². The molecule has 0 atom stereocenters. The first-order chi connectivity index (χ1) is 4.41. The molecule has 0 radical (unpaired) electrons. The van der Waals surface area contributed by atoms with Gasteiger partial charge in [-0.3, -0.25) is 4.55 Å². The van der Waals surface area contributed by atoms with Crippen molar-refractivity contribution in [1.29, 1.82) is 0 Å². The molecule has 0 aromatic carbocycles. The molecule has 10 heavy (non-hydrogen) atoms. The molecule has 0 saturated heterocycles. The van der Waals surface area contributed by atoms with Crippen molar-refractivity contribution < 1.29 is 23.2 Å². The van der Waals surface area contributed by atoms with Gasteiger partial charge in [0.25, 0.3) is 10.1 Å². The van der Waals surface area contributed by atoms with Crippen LogP contribution in [0.1, 0.15) is 6.42 Å². The lowest BCUT2D eigenvalue weighted by Crippen LogP contribution is -1.88. The van der Waals surface area contributed by atoms with Gasteiger partial charge in [-0.25, -0.2) is 0 Å². The highest BCUT2D eigenvalue weighted by atomic mass is 32.2. The number of hydrogen-bond acceptors (Lipinski definition) is 4. The van der Waals surface area contributed by atoms with Crippen LogP contribution in [-0.4, -0.2) is 42.7 Å². The summed E-state index contributed by atoms with van der Waals surface area (Å²) < 4.78 is 25.9. The second-order valence-electron chi connectivity index (χ2n) is 1.53. The summed E-state index contributed by atoms with van der Waals surface area (Å²) in [4.78, 5) is 0. The van der Waals surface area contributed by atoms with Crippen molar-refractivity contribution in [2.75, 3.05) is 19.5 Å². The predicted molar refractivity (Wildman–Crippen MR) is 36.3 cm³/mol. The lowest BCUT2D eigenvalue weighted by molar-refractivity contribution is 0.221. The van der Waals surface area contributed by atoms with Crippen molar-refractivity contribution in [3.63, 3.8) is 0 Å². The lowest BCUT2D eigenvalue weighted by Gasteiger charge is -1.79. The van der Waals surface area contributed by atoms with E-state index in [9.17, 15) is 8.42 Å². The van der Waals surface area contributed by atoms with E-state index in [0.717, 1.165) is 0 Å². The van der Waals surface area contributed by atoms with Crippen molar-refractivity contribution in [3.05, 3.63) is 0 Å². The largest absolute Gasteiger partial charge is 0.396 e. The molecule has 0 unspecified atom stereocenters. The molecule has 0 saturated carbocycles. The van der Waals surface area contributed by atoms with E-state index in [1.807, 2.05) is 0 Å². The third kappa shape index (κ3) is 109.